The molecule has 214 valence electrons. The number of fused-ring (bicyclic) bond motifs is 1. The number of urea groups is 1. The van der Waals surface area contributed by atoms with Crippen molar-refractivity contribution in [3.8, 4) is 5.75 Å². The maximum atomic E-state index is 13.9. The monoisotopic (exact) mass is 554 g/mol. The number of likely N-dealkylation sites (N-methyl/N-ethyl adjacent to an activating group) is 1. The minimum Gasteiger partial charge on any atom is -0.491 e. The highest BCUT2D eigenvalue weighted by molar-refractivity contribution is 6.02. The van der Waals surface area contributed by atoms with Crippen LogP contribution in [-0.2, 0) is 4.74 Å². The van der Waals surface area contributed by atoms with Crippen LogP contribution >= 0.6 is 0 Å². The first-order valence-electron chi connectivity index (χ1n) is 12.6. The first kappa shape index (κ1) is 30.2. The Bertz CT molecular complexity index is 1150. The van der Waals surface area contributed by atoms with E-state index in [1.165, 1.54) is 48.4 Å². The molecule has 39 heavy (non-hydrogen) atoms. The molecule has 0 spiro atoms. The van der Waals surface area contributed by atoms with E-state index in [1.54, 1.807) is 24.9 Å². The van der Waals surface area contributed by atoms with Crippen molar-refractivity contribution in [2.75, 3.05) is 51.0 Å². The Balaban J connectivity index is 1.86. The number of methoxy groups -OCH3 is 1. The number of hydrogen-bond acceptors (Lipinski definition) is 5. The van der Waals surface area contributed by atoms with E-state index in [1.807, 2.05) is 6.92 Å². The first-order valence-corrected chi connectivity index (χ1v) is 12.6. The van der Waals surface area contributed by atoms with Crippen molar-refractivity contribution in [1.82, 2.24) is 9.80 Å². The van der Waals surface area contributed by atoms with Crippen molar-refractivity contribution < 1.29 is 36.6 Å². The van der Waals surface area contributed by atoms with Crippen LogP contribution in [0, 0.1) is 11.7 Å². The zero-order chi connectivity index (χ0) is 28.7. The molecule has 2 aromatic rings. The van der Waals surface area contributed by atoms with Crippen LogP contribution in [0.3, 0.4) is 0 Å². The largest absolute Gasteiger partial charge is 0.491 e. The summed E-state index contributed by atoms with van der Waals surface area (Å²) >= 11 is 0. The second-order valence-corrected chi connectivity index (χ2v) is 9.73. The standard InChI is InChI=1S/C27H34F4N4O4/c1-17-14-35(12-11-27(29,30)31)18(2)16-39-23-10-9-19(13-20(23)25(36)34(3)15-24(17)38-4)32-26(37)33-22-8-6-5-7-21(22)28/h5-10,13,17-18,24H,11-12,14-16H2,1-4H3,(H2,32,33,37)/t17-,18+,24-/m0/s1. The number of hydrogen-bond donors (Lipinski definition) is 2. The van der Waals surface area contributed by atoms with Crippen molar-refractivity contribution in [3.05, 3.63) is 53.8 Å². The predicted octanol–water partition coefficient (Wildman–Crippen LogP) is 5.23. The van der Waals surface area contributed by atoms with E-state index in [-0.39, 0.29) is 54.2 Å². The molecule has 1 aliphatic rings. The molecule has 12 heteroatoms. The minimum atomic E-state index is -4.30. The quantitative estimate of drug-likeness (QED) is 0.495. The van der Waals surface area contributed by atoms with Crippen LogP contribution in [0.2, 0.25) is 0 Å². The lowest BCUT2D eigenvalue weighted by Crippen LogP contribution is -2.47. The average molecular weight is 555 g/mol. The summed E-state index contributed by atoms with van der Waals surface area (Å²) in [4.78, 5) is 29.1. The van der Waals surface area contributed by atoms with Crippen LogP contribution in [0.4, 0.5) is 33.7 Å². The number of alkyl halides is 3. The average Bonchev–Trinajstić information content (AvgIpc) is 2.88. The van der Waals surface area contributed by atoms with Gasteiger partial charge in [-0.3, -0.25) is 9.69 Å². The summed E-state index contributed by atoms with van der Waals surface area (Å²) in [5, 5.41) is 4.99. The Morgan fingerprint density at radius 1 is 1.13 bits per heavy atom. The van der Waals surface area contributed by atoms with E-state index in [0.29, 0.717) is 6.54 Å². The molecule has 0 bridgehead atoms. The van der Waals surface area contributed by atoms with Crippen LogP contribution in [0.25, 0.3) is 0 Å². The van der Waals surface area contributed by atoms with Gasteiger partial charge in [-0.2, -0.15) is 13.2 Å². The highest BCUT2D eigenvalue weighted by Crippen LogP contribution is 2.27. The Morgan fingerprint density at radius 2 is 1.85 bits per heavy atom. The number of para-hydroxylation sites is 1. The summed E-state index contributed by atoms with van der Waals surface area (Å²) in [7, 11) is 3.09. The summed E-state index contributed by atoms with van der Waals surface area (Å²) in [6.45, 7) is 3.99. The Kier molecular flexibility index (Phi) is 10.1. The van der Waals surface area contributed by atoms with Gasteiger partial charge in [0.05, 0.1) is 23.8 Å². The van der Waals surface area contributed by atoms with Crippen LogP contribution in [0.15, 0.2) is 42.5 Å². The van der Waals surface area contributed by atoms with E-state index in [4.69, 9.17) is 9.47 Å². The molecule has 3 atom stereocenters. The van der Waals surface area contributed by atoms with Gasteiger partial charge in [0.25, 0.3) is 5.91 Å². The number of amides is 3. The van der Waals surface area contributed by atoms with E-state index in [9.17, 15) is 27.2 Å². The smallest absolute Gasteiger partial charge is 0.390 e. The Labute approximate surface area is 225 Å². The number of carbonyl (C=O) groups is 2. The molecule has 3 rings (SSSR count). The van der Waals surface area contributed by atoms with E-state index in [0.717, 1.165) is 0 Å². The molecule has 2 N–H and O–H groups in total. The molecule has 0 aromatic heterocycles. The summed E-state index contributed by atoms with van der Waals surface area (Å²) in [5.74, 6) is -0.956. The van der Waals surface area contributed by atoms with Gasteiger partial charge in [0.2, 0.25) is 0 Å². The lowest BCUT2D eigenvalue weighted by molar-refractivity contribution is -0.140. The van der Waals surface area contributed by atoms with Gasteiger partial charge in [0.1, 0.15) is 18.2 Å². The van der Waals surface area contributed by atoms with Gasteiger partial charge < -0.3 is 25.0 Å². The maximum absolute atomic E-state index is 13.9. The maximum Gasteiger partial charge on any atom is 0.390 e. The molecule has 0 unspecified atom stereocenters. The third-order valence-electron chi connectivity index (χ3n) is 6.64. The van der Waals surface area contributed by atoms with Crippen molar-refractivity contribution in [3.63, 3.8) is 0 Å². The lowest BCUT2D eigenvalue weighted by Gasteiger charge is -2.36. The van der Waals surface area contributed by atoms with Crippen LogP contribution in [-0.4, -0.2) is 80.5 Å². The van der Waals surface area contributed by atoms with Crippen LogP contribution in [0.1, 0.15) is 30.6 Å². The summed E-state index contributed by atoms with van der Waals surface area (Å²) in [5.41, 5.74) is 0.402. The van der Waals surface area contributed by atoms with Gasteiger partial charge in [0.15, 0.2) is 0 Å². The molecule has 0 saturated carbocycles. The molecule has 0 saturated heterocycles. The number of halogens is 4. The molecular weight excluding hydrogens is 520 g/mol. The van der Waals surface area contributed by atoms with Crippen molar-refractivity contribution in [2.24, 2.45) is 5.92 Å². The van der Waals surface area contributed by atoms with Gasteiger partial charge in [-0.05, 0) is 43.2 Å². The van der Waals surface area contributed by atoms with Gasteiger partial charge in [-0.1, -0.05) is 19.1 Å². The number of ether oxygens (including phenoxy) is 2. The van der Waals surface area contributed by atoms with E-state index < -0.39 is 36.6 Å². The molecule has 8 nitrogen and oxygen atoms in total. The number of benzene rings is 2. The summed E-state index contributed by atoms with van der Waals surface area (Å²) in [6, 6.07) is 9.06. The fourth-order valence-electron chi connectivity index (χ4n) is 4.36. The molecule has 2 aromatic carbocycles. The third-order valence-corrected chi connectivity index (χ3v) is 6.64. The van der Waals surface area contributed by atoms with Gasteiger partial charge in [-0.15, -0.1) is 0 Å². The Hall–Kier alpha value is -3.38. The highest BCUT2D eigenvalue weighted by Gasteiger charge is 2.32. The predicted molar refractivity (Wildman–Crippen MR) is 140 cm³/mol. The molecule has 0 radical (unpaired) electrons. The highest BCUT2D eigenvalue weighted by atomic mass is 19.4. The molecule has 0 fully saturated rings. The van der Waals surface area contributed by atoms with Crippen molar-refractivity contribution in [1.29, 1.82) is 0 Å². The van der Waals surface area contributed by atoms with Gasteiger partial charge >= 0.3 is 12.2 Å². The number of rotatable bonds is 5. The molecule has 0 aliphatic carbocycles. The fourth-order valence-corrected chi connectivity index (χ4v) is 4.36. The van der Waals surface area contributed by atoms with Crippen molar-refractivity contribution >= 4 is 23.3 Å². The van der Waals surface area contributed by atoms with Gasteiger partial charge in [-0.25, -0.2) is 9.18 Å². The normalized spacial score (nSPS) is 21.3. The number of nitrogens with zero attached hydrogens (tertiary/aromatic N) is 2. The fraction of sp³-hybridized carbons (Fsp3) is 0.481. The minimum absolute atomic E-state index is 0.00997. The van der Waals surface area contributed by atoms with E-state index >= 15 is 0 Å². The Morgan fingerprint density at radius 3 is 2.51 bits per heavy atom. The van der Waals surface area contributed by atoms with Crippen LogP contribution in [0.5, 0.6) is 5.75 Å². The molecule has 1 aliphatic heterocycles. The molecular formula is C27H34F4N4O4. The van der Waals surface area contributed by atoms with Crippen molar-refractivity contribution in [2.45, 2.75) is 38.6 Å². The second-order valence-electron chi connectivity index (χ2n) is 9.73. The first-order chi connectivity index (χ1) is 18.4. The third kappa shape index (κ3) is 8.56. The number of carbonyl (C=O) groups excluding carboxylic acids is 2. The molecule has 3 amide bonds. The number of nitrogens with one attached hydrogen (secondary N) is 2. The number of anilines is 2. The van der Waals surface area contributed by atoms with Gasteiger partial charge in [0, 0.05) is 45.5 Å². The zero-order valence-electron chi connectivity index (χ0n) is 22.3. The summed E-state index contributed by atoms with van der Waals surface area (Å²) in [6.07, 6.45) is -5.69. The lowest BCUT2D eigenvalue weighted by atomic mass is 10.0. The van der Waals surface area contributed by atoms with Crippen LogP contribution < -0.4 is 15.4 Å². The zero-order valence-corrected chi connectivity index (χ0v) is 22.3. The second kappa shape index (κ2) is 13.1. The summed E-state index contributed by atoms with van der Waals surface area (Å²) < 4.78 is 64.5. The SMILES string of the molecule is CO[C@H]1CN(C)C(=O)c2cc(NC(=O)Nc3ccccc3F)ccc2OC[C@@H](C)N(CCC(F)(F)F)C[C@@H]1C. The van der Waals surface area contributed by atoms with E-state index in [2.05, 4.69) is 10.6 Å². The molecule has 1 heterocycles. The topological polar surface area (TPSA) is 83.1 Å².